The first-order valence-electron chi connectivity index (χ1n) is 4.25. The van der Waals surface area contributed by atoms with E-state index in [-0.39, 0.29) is 24.1 Å². The summed E-state index contributed by atoms with van der Waals surface area (Å²) < 4.78 is 0. The lowest BCUT2D eigenvalue weighted by Crippen LogP contribution is -2.37. The summed E-state index contributed by atoms with van der Waals surface area (Å²) in [4.78, 5) is 24.5. The highest BCUT2D eigenvalue weighted by Gasteiger charge is 2.25. The van der Waals surface area contributed by atoms with Gasteiger partial charge in [-0.3, -0.25) is 9.78 Å². The predicted octanol–water partition coefficient (Wildman–Crippen LogP) is -0.923. The van der Waals surface area contributed by atoms with E-state index in [9.17, 15) is 9.59 Å². The number of thioether (sulfide) groups is 1. The van der Waals surface area contributed by atoms with Crippen molar-refractivity contribution < 1.29 is 4.79 Å². The van der Waals surface area contributed by atoms with Crippen LogP contribution in [0.15, 0.2) is 4.79 Å². The molecule has 7 heteroatoms. The molecule has 1 amide bonds. The monoisotopic (exact) mass is 214 g/mol. The molecule has 0 bridgehead atoms. The minimum absolute atomic E-state index is 0.0348. The van der Waals surface area contributed by atoms with Gasteiger partial charge in [0.25, 0.3) is 0 Å². The van der Waals surface area contributed by atoms with Crippen molar-refractivity contribution in [2.75, 3.05) is 11.5 Å². The van der Waals surface area contributed by atoms with Crippen LogP contribution in [0.25, 0.3) is 0 Å². The molecule has 76 valence electrons. The van der Waals surface area contributed by atoms with Gasteiger partial charge >= 0.3 is 5.69 Å². The highest BCUT2D eigenvalue weighted by atomic mass is 32.2. The standard InChI is InChI=1S/C7H10N4O2S/c12-6(4-2-14-3-4)8-1-5-9-7(13)11-10-5/h4H,1-3H2,(H,8,12)(H2,9,10,11,13). The van der Waals surface area contributed by atoms with Crippen LogP contribution in [0.2, 0.25) is 0 Å². The van der Waals surface area contributed by atoms with Gasteiger partial charge in [0.1, 0.15) is 5.82 Å². The van der Waals surface area contributed by atoms with E-state index in [4.69, 9.17) is 0 Å². The van der Waals surface area contributed by atoms with Gasteiger partial charge in [0, 0.05) is 11.5 Å². The maximum Gasteiger partial charge on any atom is 0.340 e. The maximum atomic E-state index is 11.4. The molecule has 0 aromatic carbocycles. The average molecular weight is 214 g/mol. The number of nitrogens with one attached hydrogen (secondary N) is 3. The summed E-state index contributed by atoms with van der Waals surface area (Å²) in [6.45, 7) is 0.277. The summed E-state index contributed by atoms with van der Waals surface area (Å²) in [5, 5.41) is 8.62. The van der Waals surface area contributed by atoms with Crippen molar-refractivity contribution in [3.63, 3.8) is 0 Å². The number of aromatic amines is 2. The predicted molar refractivity (Wildman–Crippen MR) is 51.9 cm³/mol. The number of aromatic nitrogens is 3. The lowest BCUT2D eigenvalue weighted by atomic mass is 10.2. The Morgan fingerprint density at radius 2 is 2.43 bits per heavy atom. The lowest BCUT2D eigenvalue weighted by molar-refractivity contribution is -0.124. The Kier molecular flexibility index (Phi) is 2.58. The van der Waals surface area contributed by atoms with E-state index in [0.717, 1.165) is 11.5 Å². The van der Waals surface area contributed by atoms with E-state index in [1.807, 2.05) is 0 Å². The van der Waals surface area contributed by atoms with Gasteiger partial charge in [-0.25, -0.2) is 9.89 Å². The van der Waals surface area contributed by atoms with Crippen LogP contribution in [-0.2, 0) is 11.3 Å². The summed E-state index contributed by atoms with van der Waals surface area (Å²) >= 11 is 1.76. The molecule has 0 saturated carbocycles. The number of H-pyrrole nitrogens is 2. The van der Waals surface area contributed by atoms with E-state index in [1.54, 1.807) is 11.8 Å². The zero-order chi connectivity index (χ0) is 9.97. The molecule has 0 unspecified atom stereocenters. The van der Waals surface area contributed by atoms with Crippen molar-refractivity contribution in [2.24, 2.45) is 5.92 Å². The van der Waals surface area contributed by atoms with Gasteiger partial charge in [-0.15, -0.1) is 0 Å². The smallest absolute Gasteiger partial charge is 0.340 e. The topological polar surface area (TPSA) is 90.6 Å². The molecule has 6 nitrogen and oxygen atoms in total. The Morgan fingerprint density at radius 3 is 2.93 bits per heavy atom. The molecule has 1 aliphatic heterocycles. The molecule has 0 atom stereocenters. The van der Waals surface area contributed by atoms with Gasteiger partial charge < -0.3 is 5.32 Å². The summed E-state index contributed by atoms with van der Waals surface area (Å²) in [7, 11) is 0. The summed E-state index contributed by atoms with van der Waals surface area (Å²) in [5.74, 6) is 2.40. The van der Waals surface area contributed by atoms with Gasteiger partial charge in [0.05, 0.1) is 12.5 Å². The minimum Gasteiger partial charge on any atom is -0.349 e. The fourth-order valence-corrected chi connectivity index (χ4v) is 1.87. The number of carbonyl (C=O) groups is 1. The Morgan fingerprint density at radius 1 is 1.64 bits per heavy atom. The number of carbonyl (C=O) groups excluding carboxylic acids is 1. The molecule has 0 aliphatic carbocycles. The molecule has 14 heavy (non-hydrogen) atoms. The number of rotatable bonds is 3. The first-order chi connectivity index (χ1) is 6.75. The molecule has 0 radical (unpaired) electrons. The van der Waals surface area contributed by atoms with Crippen LogP contribution >= 0.6 is 11.8 Å². The van der Waals surface area contributed by atoms with Crippen LogP contribution in [0.3, 0.4) is 0 Å². The van der Waals surface area contributed by atoms with Crippen LogP contribution in [0, 0.1) is 5.92 Å². The molecule has 0 spiro atoms. The van der Waals surface area contributed by atoms with E-state index in [2.05, 4.69) is 20.5 Å². The Balaban J connectivity index is 1.81. The van der Waals surface area contributed by atoms with Crippen LogP contribution in [0.5, 0.6) is 0 Å². The van der Waals surface area contributed by atoms with E-state index >= 15 is 0 Å². The van der Waals surface area contributed by atoms with Crippen molar-refractivity contribution in [1.29, 1.82) is 0 Å². The van der Waals surface area contributed by atoms with E-state index in [1.165, 1.54) is 0 Å². The first-order valence-corrected chi connectivity index (χ1v) is 5.40. The quantitative estimate of drug-likeness (QED) is 0.606. The van der Waals surface area contributed by atoms with Crippen molar-refractivity contribution >= 4 is 17.7 Å². The maximum absolute atomic E-state index is 11.4. The second-order valence-corrected chi connectivity index (χ2v) is 4.15. The summed E-state index contributed by atoms with van der Waals surface area (Å²) in [5.41, 5.74) is -0.353. The molecule has 1 aliphatic rings. The van der Waals surface area contributed by atoms with Crippen molar-refractivity contribution in [1.82, 2.24) is 20.5 Å². The molecule has 1 fully saturated rings. The third-order valence-electron chi connectivity index (χ3n) is 1.99. The highest BCUT2D eigenvalue weighted by molar-refractivity contribution is 8.00. The molecular weight excluding hydrogens is 204 g/mol. The molecule has 1 saturated heterocycles. The third-order valence-corrected chi connectivity index (χ3v) is 3.27. The lowest BCUT2D eigenvalue weighted by Gasteiger charge is -2.23. The molecule has 1 aromatic rings. The molecule has 3 N–H and O–H groups in total. The van der Waals surface area contributed by atoms with Crippen LogP contribution in [-0.4, -0.2) is 32.6 Å². The van der Waals surface area contributed by atoms with E-state index < -0.39 is 0 Å². The fraction of sp³-hybridized carbons (Fsp3) is 0.571. The van der Waals surface area contributed by atoms with E-state index in [0.29, 0.717) is 5.82 Å². The average Bonchev–Trinajstić information content (AvgIpc) is 2.45. The molecule has 2 heterocycles. The number of hydrogen-bond donors (Lipinski definition) is 3. The molecular formula is C7H10N4O2S. The van der Waals surface area contributed by atoms with Crippen LogP contribution < -0.4 is 11.0 Å². The second-order valence-electron chi connectivity index (χ2n) is 3.08. The van der Waals surface area contributed by atoms with Crippen LogP contribution in [0.1, 0.15) is 5.82 Å². The Hall–Kier alpha value is -1.24. The largest absolute Gasteiger partial charge is 0.349 e. The van der Waals surface area contributed by atoms with Gasteiger partial charge in [-0.1, -0.05) is 0 Å². The van der Waals surface area contributed by atoms with Crippen molar-refractivity contribution in [3.05, 3.63) is 16.3 Å². The minimum atomic E-state index is -0.353. The SMILES string of the molecule is O=C(NCc1n[nH]c(=O)[nH]1)C1CSC1. The zero-order valence-corrected chi connectivity index (χ0v) is 8.19. The van der Waals surface area contributed by atoms with Gasteiger partial charge in [-0.05, 0) is 0 Å². The second kappa shape index (κ2) is 3.87. The van der Waals surface area contributed by atoms with Crippen molar-refractivity contribution in [2.45, 2.75) is 6.54 Å². The molecule has 1 aromatic heterocycles. The van der Waals surface area contributed by atoms with Gasteiger partial charge in [0.15, 0.2) is 0 Å². The highest BCUT2D eigenvalue weighted by Crippen LogP contribution is 2.24. The van der Waals surface area contributed by atoms with Crippen LogP contribution in [0.4, 0.5) is 0 Å². The first kappa shape index (κ1) is 9.32. The Labute approximate surface area is 83.9 Å². The van der Waals surface area contributed by atoms with Crippen molar-refractivity contribution in [3.8, 4) is 0 Å². The summed E-state index contributed by atoms with van der Waals surface area (Å²) in [6.07, 6.45) is 0. The Bertz CT molecular complexity index is 381. The summed E-state index contributed by atoms with van der Waals surface area (Å²) in [6, 6.07) is 0. The van der Waals surface area contributed by atoms with Gasteiger partial charge in [0.2, 0.25) is 5.91 Å². The zero-order valence-electron chi connectivity index (χ0n) is 7.37. The van der Waals surface area contributed by atoms with Gasteiger partial charge in [-0.2, -0.15) is 16.9 Å². The molecule has 2 rings (SSSR count). The third kappa shape index (κ3) is 1.98. The fourth-order valence-electron chi connectivity index (χ4n) is 1.09. The number of hydrogen-bond acceptors (Lipinski definition) is 4. The normalized spacial score (nSPS) is 16.3. The number of nitrogens with zero attached hydrogens (tertiary/aromatic N) is 1. The number of amides is 1.